The Kier molecular flexibility index (Phi) is 3.96. The Morgan fingerprint density at radius 1 is 1.65 bits per heavy atom. The summed E-state index contributed by atoms with van der Waals surface area (Å²) in [5.41, 5.74) is 5.59. The molecule has 1 aliphatic heterocycles. The van der Waals surface area contributed by atoms with Crippen LogP contribution in [0.1, 0.15) is 17.7 Å². The first-order valence-electron chi connectivity index (χ1n) is 5.69. The molecule has 0 aliphatic carbocycles. The van der Waals surface area contributed by atoms with Crippen molar-refractivity contribution in [2.45, 2.75) is 19.4 Å². The van der Waals surface area contributed by atoms with Crippen molar-refractivity contribution in [1.29, 1.82) is 0 Å². The summed E-state index contributed by atoms with van der Waals surface area (Å²) in [7, 11) is 1.45. The fraction of sp³-hybridized carbons (Fsp3) is 0.636. The van der Waals surface area contributed by atoms with E-state index in [1.165, 1.54) is 23.3 Å². The quantitative estimate of drug-likeness (QED) is 0.819. The van der Waals surface area contributed by atoms with E-state index in [2.05, 4.69) is 9.88 Å². The van der Waals surface area contributed by atoms with Gasteiger partial charge in [-0.25, -0.2) is 4.98 Å². The van der Waals surface area contributed by atoms with E-state index < -0.39 is 0 Å². The normalized spacial score (nSPS) is 18.2. The highest BCUT2D eigenvalue weighted by atomic mass is 32.1. The SMILES string of the molecule is COC(=O)C1CCN(Cc2cnc(N)s2)CC1. The first-order valence-corrected chi connectivity index (χ1v) is 6.51. The average Bonchev–Trinajstić information content (AvgIpc) is 2.75. The third-order valence-corrected chi connectivity index (χ3v) is 3.88. The van der Waals surface area contributed by atoms with Crippen LogP contribution in [0.3, 0.4) is 0 Å². The summed E-state index contributed by atoms with van der Waals surface area (Å²) in [6.45, 7) is 2.73. The molecular formula is C11H17N3O2S. The van der Waals surface area contributed by atoms with Crippen molar-refractivity contribution in [3.8, 4) is 0 Å². The fourth-order valence-corrected chi connectivity index (χ4v) is 2.84. The molecule has 1 aromatic heterocycles. The molecule has 1 aromatic rings. The third-order valence-electron chi connectivity index (χ3n) is 3.07. The molecule has 0 aromatic carbocycles. The standard InChI is InChI=1S/C11H17N3O2S/c1-16-10(15)8-2-4-14(5-3-8)7-9-6-13-11(12)17-9/h6,8H,2-5,7H2,1H3,(H2,12,13). The maximum Gasteiger partial charge on any atom is 0.308 e. The number of hydrogen-bond acceptors (Lipinski definition) is 6. The van der Waals surface area contributed by atoms with E-state index in [-0.39, 0.29) is 11.9 Å². The van der Waals surface area contributed by atoms with Gasteiger partial charge in [0.15, 0.2) is 5.13 Å². The van der Waals surface area contributed by atoms with Crippen molar-refractivity contribution in [1.82, 2.24) is 9.88 Å². The number of nitrogens with zero attached hydrogens (tertiary/aromatic N) is 2. The molecule has 1 fully saturated rings. The van der Waals surface area contributed by atoms with E-state index in [9.17, 15) is 4.79 Å². The van der Waals surface area contributed by atoms with Gasteiger partial charge in [0.25, 0.3) is 0 Å². The minimum atomic E-state index is -0.0771. The fourth-order valence-electron chi connectivity index (χ4n) is 2.11. The van der Waals surface area contributed by atoms with Crippen molar-refractivity contribution in [3.63, 3.8) is 0 Å². The lowest BCUT2D eigenvalue weighted by atomic mass is 9.97. The maximum absolute atomic E-state index is 11.4. The van der Waals surface area contributed by atoms with Crippen molar-refractivity contribution < 1.29 is 9.53 Å². The van der Waals surface area contributed by atoms with Crippen LogP contribution in [0.5, 0.6) is 0 Å². The summed E-state index contributed by atoms with van der Waals surface area (Å²) in [6.07, 6.45) is 3.58. The first kappa shape index (κ1) is 12.3. The van der Waals surface area contributed by atoms with Crippen LogP contribution in [0, 0.1) is 5.92 Å². The number of nitrogen functional groups attached to an aromatic ring is 1. The van der Waals surface area contributed by atoms with Gasteiger partial charge in [-0.3, -0.25) is 9.69 Å². The highest BCUT2D eigenvalue weighted by Crippen LogP contribution is 2.22. The predicted molar refractivity (Wildman–Crippen MR) is 66.5 cm³/mol. The van der Waals surface area contributed by atoms with Gasteiger partial charge in [-0.2, -0.15) is 0 Å². The number of nitrogens with two attached hydrogens (primary N) is 1. The molecule has 2 heterocycles. The largest absolute Gasteiger partial charge is 0.469 e. The number of rotatable bonds is 3. The molecular weight excluding hydrogens is 238 g/mol. The Morgan fingerprint density at radius 2 is 2.35 bits per heavy atom. The zero-order valence-electron chi connectivity index (χ0n) is 9.89. The summed E-state index contributed by atoms with van der Waals surface area (Å²) in [4.78, 5) is 18.9. The van der Waals surface area contributed by atoms with Crippen LogP contribution in [-0.4, -0.2) is 36.1 Å². The van der Waals surface area contributed by atoms with Gasteiger partial charge in [0, 0.05) is 17.6 Å². The van der Waals surface area contributed by atoms with Gasteiger partial charge >= 0.3 is 5.97 Å². The number of aromatic nitrogens is 1. The number of ether oxygens (including phenoxy) is 1. The van der Waals surface area contributed by atoms with Gasteiger partial charge in [0.1, 0.15) is 0 Å². The van der Waals surface area contributed by atoms with Gasteiger partial charge in [-0.1, -0.05) is 0 Å². The van der Waals surface area contributed by atoms with Gasteiger partial charge in [0.2, 0.25) is 0 Å². The lowest BCUT2D eigenvalue weighted by Crippen LogP contribution is -2.36. The number of carbonyl (C=O) groups excluding carboxylic acids is 1. The van der Waals surface area contributed by atoms with Gasteiger partial charge in [-0.15, -0.1) is 11.3 Å². The molecule has 1 saturated heterocycles. The molecule has 1 aliphatic rings. The summed E-state index contributed by atoms with van der Waals surface area (Å²) in [5.74, 6) is -0.00513. The molecule has 17 heavy (non-hydrogen) atoms. The van der Waals surface area contributed by atoms with Gasteiger partial charge in [0.05, 0.1) is 13.0 Å². The van der Waals surface area contributed by atoms with Gasteiger partial charge in [-0.05, 0) is 25.9 Å². The van der Waals surface area contributed by atoms with Crippen molar-refractivity contribution in [3.05, 3.63) is 11.1 Å². The molecule has 0 radical (unpaired) electrons. The predicted octanol–water partition coefficient (Wildman–Crippen LogP) is 1.11. The summed E-state index contributed by atoms with van der Waals surface area (Å²) < 4.78 is 4.76. The Hall–Kier alpha value is -1.14. The number of anilines is 1. The van der Waals surface area contributed by atoms with Crippen molar-refractivity contribution >= 4 is 22.4 Å². The number of hydrogen-bond donors (Lipinski definition) is 1. The molecule has 5 nitrogen and oxygen atoms in total. The van der Waals surface area contributed by atoms with Crippen molar-refractivity contribution in [2.75, 3.05) is 25.9 Å². The molecule has 0 spiro atoms. The number of esters is 1. The molecule has 0 saturated carbocycles. The number of thiazole rings is 1. The second-order valence-electron chi connectivity index (χ2n) is 4.24. The molecule has 2 N–H and O–H groups in total. The molecule has 0 bridgehead atoms. The van der Waals surface area contributed by atoms with Crippen LogP contribution in [0.4, 0.5) is 5.13 Å². The van der Waals surface area contributed by atoms with Crippen LogP contribution < -0.4 is 5.73 Å². The maximum atomic E-state index is 11.4. The average molecular weight is 255 g/mol. The second-order valence-corrected chi connectivity index (χ2v) is 5.39. The summed E-state index contributed by atoms with van der Waals surface area (Å²) in [6, 6.07) is 0. The Morgan fingerprint density at radius 3 is 2.88 bits per heavy atom. The Balaban J connectivity index is 1.81. The molecule has 94 valence electrons. The van der Waals surface area contributed by atoms with E-state index in [1.54, 1.807) is 0 Å². The zero-order valence-corrected chi connectivity index (χ0v) is 10.7. The minimum Gasteiger partial charge on any atom is -0.469 e. The van der Waals surface area contributed by atoms with Crippen LogP contribution in [0.15, 0.2) is 6.20 Å². The smallest absolute Gasteiger partial charge is 0.308 e. The highest BCUT2D eigenvalue weighted by molar-refractivity contribution is 7.15. The zero-order chi connectivity index (χ0) is 12.3. The molecule has 6 heteroatoms. The molecule has 0 unspecified atom stereocenters. The van der Waals surface area contributed by atoms with Crippen LogP contribution in [0.2, 0.25) is 0 Å². The minimum absolute atomic E-state index is 0.0720. The van der Waals surface area contributed by atoms with Crippen LogP contribution >= 0.6 is 11.3 Å². The van der Waals surface area contributed by atoms with Gasteiger partial charge < -0.3 is 10.5 Å². The number of methoxy groups -OCH3 is 1. The second kappa shape index (κ2) is 5.46. The first-order chi connectivity index (χ1) is 8.19. The molecule has 0 atom stereocenters. The van der Waals surface area contributed by atoms with Crippen LogP contribution in [-0.2, 0) is 16.1 Å². The van der Waals surface area contributed by atoms with Crippen molar-refractivity contribution in [2.24, 2.45) is 5.92 Å². The number of likely N-dealkylation sites (tertiary alicyclic amines) is 1. The summed E-state index contributed by atoms with van der Waals surface area (Å²) >= 11 is 1.53. The van der Waals surface area contributed by atoms with E-state index in [4.69, 9.17) is 10.5 Å². The topological polar surface area (TPSA) is 68.5 Å². The Bertz CT molecular complexity index is 386. The number of carbonyl (C=O) groups is 1. The van der Waals surface area contributed by atoms with E-state index >= 15 is 0 Å². The lowest BCUT2D eigenvalue weighted by molar-refractivity contribution is -0.147. The third kappa shape index (κ3) is 3.17. The Labute approximate surface area is 105 Å². The monoisotopic (exact) mass is 255 g/mol. The molecule has 0 amide bonds. The number of piperidine rings is 1. The highest BCUT2D eigenvalue weighted by Gasteiger charge is 2.25. The van der Waals surface area contributed by atoms with E-state index in [1.807, 2.05) is 6.20 Å². The summed E-state index contributed by atoms with van der Waals surface area (Å²) in [5, 5.41) is 0.615. The van der Waals surface area contributed by atoms with Crippen LogP contribution in [0.25, 0.3) is 0 Å². The van der Waals surface area contributed by atoms with E-state index in [0.29, 0.717) is 5.13 Å². The van der Waals surface area contributed by atoms with E-state index in [0.717, 1.165) is 32.5 Å². The lowest BCUT2D eigenvalue weighted by Gasteiger charge is -2.29. The molecule has 2 rings (SSSR count).